The molecule has 6 nitrogen and oxygen atoms in total. The number of carbonyl (C=O) groups is 1. The van der Waals surface area contributed by atoms with Crippen LogP contribution in [0.2, 0.25) is 0 Å². The maximum Gasteiger partial charge on any atom is 0.248 e. The number of hydrogen-bond donors (Lipinski definition) is 2. The molecule has 2 aliphatic heterocycles. The van der Waals surface area contributed by atoms with E-state index < -0.39 is 5.54 Å². The van der Waals surface area contributed by atoms with Crippen LogP contribution in [0.3, 0.4) is 0 Å². The van der Waals surface area contributed by atoms with Crippen LogP contribution in [0.5, 0.6) is 0 Å². The SMILES string of the molecule is CC1(CNC(=O)C2(n3cccn3)CCNCC2)CCCO1. The molecular formula is C15H24N4O2. The summed E-state index contributed by atoms with van der Waals surface area (Å²) in [5.41, 5.74) is -0.780. The Balaban J connectivity index is 1.72. The highest BCUT2D eigenvalue weighted by atomic mass is 16.5. The molecule has 0 bridgehead atoms. The molecule has 2 aliphatic rings. The molecule has 0 aromatic carbocycles. The maximum atomic E-state index is 12.9. The van der Waals surface area contributed by atoms with Crippen LogP contribution >= 0.6 is 0 Å². The summed E-state index contributed by atoms with van der Waals surface area (Å²) in [6.45, 7) is 5.11. The van der Waals surface area contributed by atoms with Gasteiger partial charge in [0.2, 0.25) is 5.91 Å². The topological polar surface area (TPSA) is 68.2 Å². The first kappa shape index (κ1) is 14.5. The van der Waals surface area contributed by atoms with Crippen molar-refractivity contribution in [3.8, 4) is 0 Å². The maximum absolute atomic E-state index is 12.9. The summed E-state index contributed by atoms with van der Waals surface area (Å²) in [5, 5.41) is 10.8. The molecule has 1 unspecified atom stereocenters. The summed E-state index contributed by atoms with van der Waals surface area (Å²) in [5.74, 6) is 0.0597. The van der Waals surface area contributed by atoms with Crippen LogP contribution in [-0.4, -0.2) is 47.5 Å². The van der Waals surface area contributed by atoms with Crippen LogP contribution in [0, 0.1) is 0 Å². The highest BCUT2D eigenvalue weighted by molar-refractivity contribution is 5.84. The second-order valence-corrected chi connectivity index (χ2v) is 6.32. The summed E-state index contributed by atoms with van der Waals surface area (Å²) in [6, 6.07) is 1.87. The van der Waals surface area contributed by atoms with Crippen molar-refractivity contribution in [1.29, 1.82) is 0 Å². The number of rotatable bonds is 4. The zero-order valence-corrected chi connectivity index (χ0v) is 12.6. The number of nitrogens with one attached hydrogen (secondary N) is 2. The van der Waals surface area contributed by atoms with Gasteiger partial charge in [0.05, 0.1) is 5.60 Å². The Kier molecular flexibility index (Phi) is 3.99. The number of carbonyl (C=O) groups excluding carboxylic acids is 1. The molecule has 0 aliphatic carbocycles. The Morgan fingerprint density at radius 2 is 2.24 bits per heavy atom. The van der Waals surface area contributed by atoms with Gasteiger partial charge in [0.15, 0.2) is 0 Å². The number of piperidine rings is 1. The Morgan fingerprint density at radius 3 is 2.86 bits per heavy atom. The lowest BCUT2D eigenvalue weighted by Crippen LogP contribution is -2.56. The van der Waals surface area contributed by atoms with Gasteiger partial charge in [0.25, 0.3) is 0 Å². The molecule has 21 heavy (non-hydrogen) atoms. The van der Waals surface area contributed by atoms with E-state index in [1.165, 1.54) is 0 Å². The summed E-state index contributed by atoms with van der Waals surface area (Å²) in [7, 11) is 0. The second kappa shape index (κ2) is 5.77. The van der Waals surface area contributed by atoms with E-state index in [-0.39, 0.29) is 11.5 Å². The van der Waals surface area contributed by atoms with Crippen molar-refractivity contribution in [3.63, 3.8) is 0 Å². The van der Waals surface area contributed by atoms with Crippen molar-refractivity contribution in [3.05, 3.63) is 18.5 Å². The molecule has 0 spiro atoms. The molecule has 2 N–H and O–H groups in total. The van der Waals surface area contributed by atoms with Gasteiger partial charge in [0.1, 0.15) is 5.54 Å². The molecule has 2 saturated heterocycles. The van der Waals surface area contributed by atoms with Crippen molar-refractivity contribution in [2.75, 3.05) is 26.2 Å². The minimum absolute atomic E-state index is 0.0597. The van der Waals surface area contributed by atoms with Crippen LogP contribution < -0.4 is 10.6 Å². The molecule has 6 heteroatoms. The highest BCUT2D eigenvalue weighted by Gasteiger charge is 2.43. The Labute approximate surface area is 125 Å². The predicted octanol–water partition coefficient (Wildman–Crippen LogP) is 0.647. The predicted molar refractivity (Wildman–Crippen MR) is 78.9 cm³/mol. The van der Waals surface area contributed by atoms with Gasteiger partial charge >= 0.3 is 0 Å². The highest BCUT2D eigenvalue weighted by Crippen LogP contribution is 2.28. The lowest BCUT2D eigenvalue weighted by atomic mass is 9.87. The molecule has 3 heterocycles. The lowest BCUT2D eigenvalue weighted by molar-refractivity contribution is -0.133. The second-order valence-electron chi connectivity index (χ2n) is 6.32. The van der Waals surface area contributed by atoms with Crippen LogP contribution in [0.15, 0.2) is 18.5 Å². The third-order valence-electron chi connectivity index (χ3n) is 4.72. The monoisotopic (exact) mass is 292 g/mol. The van der Waals surface area contributed by atoms with Crippen LogP contribution in [-0.2, 0) is 15.1 Å². The van der Waals surface area contributed by atoms with E-state index >= 15 is 0 Å². The number of aromatic nitrogens is 2. The van der Waals surface area contributed by atoms with E-state index in [2.05, 4.69) is 22.7 Å². The smallest absolute Gasteiger partial charge is 0.248 e. The third kappa shape index (κ3) is 2.82. The first-order valence-corrected chi connectivity index (χ1v) is 7.78. The Bertz CT molecular complexity index is 474. The molecular weight excluding hydrogens is 268 g/mol. The molecule has 0 radical (unpaired) electrons. The van der Waals surface area contributed by atoms with Gasteiger partial charge in [-0.15, -0.1) is 0 Å². The normalized spacial score (nSPS) is 28.4. The van der Waals surface area contributed by atoms with Crippen LogP contribution in [0.25, 0.3) is 0 Å². The zero-order chi connectivity index (χ0) is 14.8. The van der Waals surface area contributed by atoms with Gasteiger partial charge in [-0.05, 0) is 51.8 Å². The first-order valence-electron chi connectivity index (χ1n) is 7.78. The molecule has 1 atom stereocenters. The van der Waals surface area contributed by atoms with Crippen LogP contribution in [0.1, 0.15) is 32.6 Å². The Hall–Kier alpha value is -1.40. The fourth-order valence-electron chi connectivity index (χ4n) is 3.33. The first-order chi connectivity index (χ1) is 10.1. The summed E-state index contributed by atoms with van der Waals surface area (Å²) >= 11 is 0. The van der Waals surface area contributed by atoms with Crippen molar-refractivity contribution >= 4 is 5.91 Å². The molecule has 116 valence electrons. The quantitative estimate of drug-likeness (QED) is 0.855. The van der Waals surface area contributed by atoms with E-state index in [0.717, 1.165) is 45.4 Å². The van der Waals surface area contributed by atoms with E-state index in [1.807, 2.05) is 16.9 Å². The van der Waals surface area contributed by atoms with Gasteiger partial charge in [-0.2, -0.15) is 5.10 Å². The molecule has 0 saturated carbocycles. The summed E-state index contributed by atoms with van der Waals surface area (Å²) in [6.07, 6.45) is 7.22. The molecule has 3 rings (SSSR count). The molecule has 1 aromatic rings. The zero-order valence-electron chi connectivity index (χ0n) is 12.6. The van der Waals surface area contributed by atoms with Gasteiger partial charge in [-0.1, -0.05) is 0 Å². The average Bonchev–Trinajstić information content (AvgIpc) is 3.18. The number of hydrogen-bond acceptors (Lipinski definition) is 4. The van der Waals surface area contributed by atoms with Gasteiger partial charge < -0.3 is 15.4 Å². The van der Waals surface area contributed by atoms with Crippen LogP contribution in [0.4, 0.5) is 0 Å². The van der Waals surface area contributed by atoms with E-state index in [1.54, 1.807) is 6.20 Å². The Morgan fingerprint density at radius 1 is 1.43 bits per heavy atom. The summed E-state index contributed by atoms with van der Waals surface area (Å²) in [4.78, 5) is 12.9. The molecule has 2 fully saturated rings. The third-order valence-corrected chi connectivity index (χ3v) is 4.72. The minimum atomic E-state index is -0.566. The number of ether oxygens (including phenoxy) is 1. The van der Waals surface area contributed by atoms with E-state index in [0.29, 0.717) is 6.54 Å². The summed E-state index contributed by atoms with van der Waals surface area (Å²) < 4.78 is 7.57. The van der Waals surface area contributed by atoms with Gasteiger partial charge in [-0.3, -0.25) is 9.48 Å². The molecule has 1 amide bonds. The average molecular weight is 292 g/mol. The standard InChI is InChI=1S/C15H24N4O2/c1-14(4-2-11-21-14)12-17-13(20)15(5-8-16-9-6-15)19-10-3-7-18-19/h3,7,10,16H,2,4-6,8-9,11-12H2,1H3,(H,17,20). The fraction of sp³-hybridized carbons (Fsp3) is 0.733. The van der Waals surface area contributed by atoms with E-state index in [4.69, 9.17) is 4.74 Å². The number of nitrogens with zero attached hydrogens (tertiary/aromatic N) is 2. The van der Waals surface area contributed by atoms with Crippen molar-refractivity contribution in [1.82, 2.24) is 20.4 Å². The lowest BCUT2D eigenvalue weighted by Gasteiger charge is -2.37. The fourth-order valence-corrected chi connectivity index (χ4v) is 3.33. The minimum Gasteiger partial charge on any atom is -0.373 e. The largest absolute Gasteiger partial charge is 0.373 e. The van der Waals surface area contributed by atoms with Gasteiger partial charge in [0, 0.05) is 25.5 Å². The molecule has 1 aromatic heterocycles. The van der Waals surface area contributed by atoms with E-state index in [9.17, 15) is 4.79 Å². The van der Waals surface area contributed by atoms with Crippen molar-refractivity contribution in [2.24, 2.45) is 0 Å². The van der Waals surface area contributed by atoms with Gasteiger partial charge in [-0.25, -0.2) is 0 Å². The number of amides is 1. The van der Waals surface area contributed by atoms with Crippen molar-refractivity contribution in [2.45, 2.75) is 43.7 Å². The van der Waals surface area contributed by atoms with Crippen molar-refractivity contribution < 1.29 is 9.53 Å².